The molecule has 0 fully saturated rings. The Bertz CT molecular complexity index is 389. The van der Waals surface area contributed by atoms with Gasteiger partial charge < -0.3 is 0 Å². The average Bonchev–Trinajstić information content (AvgIpc) is 2.71. The number of nitrogens with one attached hydrogen (secondary N) is 2. The van der Waals surface area contributed by atoms with Crippen LogP contribution in [-0.4, -0.2) is 16.3 Å². The van der Waals surface area contributed by atoms with E-state index in [0.717, 1.165) is 5.56 Å². The van der Waals surface area contributed by atoms with E-state index in [-0.39, 0.29) is 5.69 Å². The highest BCUT2D eigenvalue weighted by Crippen LogP contribution is 2.12. The normalized spacial score (nSPS) is 14.0. The summed E-state index contributed by atoms with van der Waals surface area (Å²) in [5.74, 6) is 0. The Kier molecular flexibility index (Phi) is 2.46. The van der Waals surface area contributed by atoms with Crippen molar-refractivity contribution in [2.24, 2.45) is 5.10 Å². The van der Waals surface area contributed by atoms with Crippen molar-refractivity contribution >= 4 is 12.0 Å². The molecule has 15 heavy (non-hydrogen) atoms. The van der Waals surface area contributed by atoms with Crippen molar-refractivity contribution in [2.75, 3.05) is 0 Å². The van der Waals surface area contributed by atoms with Gasteiger partial charge in [0.05, 0.1) is 11.5 Å². The summed E-state index contributed by atoms with van der Waals surface area (Å²) >= 11 is 0. The Balaban J connectivity index is 2.03. The minimum absolute atomic E-state index is 0.0972. The fraction of sp³-hybridized carbons (Fsp3) is 0.125. The first-order valence-electron chi connectivity index (χ1n) is 4.29. The van der Waals surface area contributed by atoms with E-state index in [1.807, 2.05) is 0 Å². The monoisotopic (exact) mass is 207 g/mol. The number of hydrazine groups is 2. The Labute approximate surface area is 85.5 Å². The van der Waals surface area contributed by atoms with Gasteiger partial charge in [-0.1, -0.05) is 12.1 Å². The minimum Gasteiger partial charge on any atom is -0.273 e. The largest absolute Gasteiger partial charge is 0.273 e. The van der Waals surface area contributed by atoms with E-state index in [1.165, 1.54) is 12.1 Å². The molecule has 2 N–H and O–H groups in total. The zero-order valence-corrected chi connectivity index (χ0v) is 7.75. The first-order chi connectivity index (χ1) is 7.25. The highest BCUT2D eigenvalue weighted by molar-refractivity contribution is 5.55. The summed E-state index contributed by atoms with van der Waals surface area (Å²) in [7, 11) is 0. The molecule has 1 aromatic carbocycles. The lowest BCUT2D eigenvalue weighted by Crippen LogP contribution is -2.36. The maximum Gasteiger partial charge on any atom is 0.269 e. The van der Waals surface area contributed by atoms with Gasteiger partial charge in [0, 0.05) is 12.1 Å². The van der Waals surface area contributed by atoms with E-state index in [1.54, 1.807) is 23.5 Å². The van der Waals surface area contributed by atoms with Gasteiger partial charge in [-0.2, -0.15) is 5.10 Å². The number of nitro benzene ring substituents is 1. The lowest BCUT2D eigenvalue weighted by molar-refractivity contribution is -0.384. The molecule has 2 rings (SSSR count). The maximum atomic E-state index is 10.4. The smallest absolute Gasteiger partial charge is 0.269 e. The van der Waals surface area contributed by atoms with Gasteiger partial charge >= 0.3 is 0 Å². The van der Waals surface area contributed by atoms with Gasteiger partial charge in [-0.25, -0.2) is 5.53 Å². The molecule has 1 aliphatic rings. The second kappa shape index (κ2) is 3.93. The van der Waals surface area contributed by atoms with E-state index < -0.39 is 4.92 Å². The zero-order chi connectivity index (χ0) is 10.7. The maximum absolute atomic E-state index is 10.4. The number of hydrogen-bond donors (Lipinski definition) is 2. The fourth-order valence-electron chi connectivity index (χ4n) is 1.22. The average molecular weight is 207 g/mol. The second-order valence-corrected chi connectivity index (χ2v) is 3.02. The Morgan fingerprint density at radius 3 is 2.67 bits per heavy atom. The standard InChI is InChI=1S/C8H9N5O2/c14-13(15)8-3-1-7(2-4-8)5-12-6-9-10-11-12/h1-4,6,10-11H,5H2. The highest BCUT2D eigenvalue weighted by atomic mass is 16.6. The van der Waals surface area contributed by atoms with Gasteiger partial charge in [-0.3, -0.25) is 15.1 Å². The Morgan fingerprint density at radius 2 is 2.13 bits per heavy atom. The molecule has 0 radical (unpaired) electrons. The molecule has 0 aliphatic carbocycles. The molecule has 0 saturated heterocycles. The van der Waals surface area contributed by atoms with Crippen molar-refractivity contribution in [3.8, 4) is 0 Å². The number of hydrazone groups is 1. The first-order valence-corrected chi connectivity index (χ1v) is 4.29. The SMILES string of the molecule is O=[N+]([O-])c1ccc(CN2C=NNN2)cc1. The molecule has 0 bridgehead atoms. The molecule has 0 atom stereocenters. The summed E-state index contributed by atoms with van der Waals surface area (Å²) in [6, 6.07) is 6.39. The van der Waals surface area contributed by atoms with E-state index >= 15 is 0 Å². The van der Waals surface area contributed by atoms with Gasteiger partial charge in [-0.05, 0) is 5.56 Å². The summed E-state index contributed by atoms with van der Waals surface area (Å²) in [4.78, 5) is 9.99. The van der Waals surface area contributed by atoms with Crippen molar-refractivity contribution in [3.63, 3.8) is 0 Å². The molecule has 1 aliphatic heterocycles. The molecule has 0 spiro atoms. The van der Waals surface area contributed by atoms with Gasteiger partial charge in [0.25, 0.3) is 5.69 Å². The van der Waals surface area contributed by atoms with Crippen LogP contribution in [0.25, 0.3) is 0 Å². The van der Waals surface area contributed by atoms with E-state index in [4.69, 9.17) is 0 Å². The molecule has 0 unspecified atom stereocenters. The number of nitrogens with zero attached hydrogens (tertiary/aromatic N) is 3. The number of benzene rings is 1. The number of nitro groups is 1. The zero-order valence-electron chi connectivity index (χ0n) is 7.75. The molecule has 7 nitrogen and oxygen atoms in total. The molecule has 1 aromatic rings. The number of rotatable bonds is 3. The van der Waals surface area contributed by atoms with Gasteiger partial charge in [0.15, 0.2) is 0 Å². The van der Waals surface area contributed by atoms with Crippen LogP contribution in [0.1, 0.15) is 5.56 Å². The van der Waals surface area contributed by atoms with Crippen molar-refractivity contribution in [1.29, 1.82) is 0 Å². The lowest BCUT2D eigenvalue weighted by Gasteiger charge is -2.12. The van der Waals surface area contributed by atoms with Gasteiger partial charge in [-0.15, -0.1) is 5.53 Å². The molecule has 0 aromatic heterocycles. The summed E-state index contributed by atoms with van der Waals surface area (Å²) < 4.78 is 0. The molecular formula is C8H9N5O2. The molecule has 78 valence electrons. The van der Waals surface area contributed by atoms with Crippen molar-refractivity contribution in [1.82, 2.24) is 16.1 Å². The van der Waals surface area contributed by atoms with Crippen molar-refractivity contribution in [2.45, 2.75) is 6.54 Å². The fourth-order valence-corrected chi connectivity index (χ4v) is 1.22. The Hall–Kier alpha value is -2.15. The minimum atomic E-state index is -0.416. The van der Waals surface area contributed by atoms with Gasteiger partial charge in [0.1, 0.15) is 6.34 Å². The van der Waals surface area contributed by atoms with Crippen LogP contribution in [0, 0.1) is 10.1 Å². The van der Waals surface area contributed by atoms with Crippen LogP contribution in [0.3, 0.4) is 0 Å². The molecule has 1 heterocycles. The van der Waals surface area contributed by atoms with E-state index in [0.29, 0.717) is 6.54 Å². The molecule has 0 amide bonds. The molecule has 7 heteroatoms. The third kappa shape index (κ3) is 2.20. The van der Waals surface area contributed by atoms with Crippen LogP contribution < -0.4 is 11.1 Å². The summed E-state index contributed by atoms with van der Waals surface area (Å²) in [5, 5.41) is 15.9. The van der Waals surface area contributed by atoms with Crippen LogP contribution in [0.5, 0.6) is 0 Å². The third-order valence-electron chi connectivity index (χ3n) is 1.96. The molecule has 0 saturated carbocycles. The number of non-ortho nitro benzene ring substituents is 1. The Morgan fingerprint density at radius 1 is 1.40 bits per heavy atom. The first kappa shape index (κ1) is 9.41. The van der Waals surface area contributed by atoms with Crippen LogP contribution in [-0.2, 0) is 6.54 Å². The van der Waals surface area contributed by atoms with Crippen LogP contribution in [0.15, 0.2) is 29.4 Å². The summed E-state index contributed by atoms with van der Waals surface area (Å²) in [6.07, 6.45) is 1.60. The highest BCUT2D eigenvalue weighted by Gasteiger charge is 2.07. The van der Waals surface area contributed by atoms with E-state index in [2.05, 4.69) is 16.2 Å². The lowest BCUT2D eigenvalue weighted by atomic mass is 10.2. The van der Waals surface area contributed by atoms with Crippen LogP contribution in [0.2, 0.25) is 0 Å². The van der Waals surface area contributed by atoms with Crippen molar-refractivity contribution < 1.29 is 4.92 Å². The van der Waals surface area contributed by atoms with Gasteiger partial charge in [0.2, 0.25) is 0 Å². The van der Waals surface area contributed by atoms with Crippen LogP contribution >= 0.6 is 0 Å². The predicted molar refractivity (Wildman–Crippen MR) is 53.4 cm³/mol. The molecular weight excluding hydrogens is 198 g/mol. The third-order valence-corrected chi connectivity index (χ3v) is 1.96. The summed E-state index contributed by atoms with van der Waals surface area (Å²) in [5.41, 5.74) is 6.39. The van der Waals surface area contributed by atoms with E-state index in [9.17, 15) is 10.1 Å². The number of hydrogen-bond acceptors (Lipinski definition) is 6. The predicted octanol–water partition coefficient (Wildman–Crippen LogP) is 0.363. The quantitative estimate of drug-likeness (QED) is 0.552. The topological polar surface area (TPSA) is 82.8 Å². The second-order valence-electron chi connectivity index (χ2n) is 3.02. The summed E-state index contributed by atoms with van der Waals surface area (Å²) in [6.45, 7) is 0.592. The van der Waals surface area contributed by atoms with Crippen LogP contribution in [0.4, 0.5) is 5.69 Å². The van der Waals surface area contributed by atoms with Crippen molar-refractivity contribution in [3.05, 3.63) is 39.9 Å².